The Morgan fingerprint density at radius 1 is 1.17 bits per heavy atom. The lowest BCUT2D eigenvalue weighted by molar-refractivity contribution is -0.228. The van der Waals surface area contributed by atoms with Gasteiger partial charge in [-0.25, -0.2) is 0 Å². The van der Waals surface area contributed by atoms with Gasteiger partial charge >= 0.3 is 0 Å². The van der Waals surface area contributed by atoms with Gasteiger partial charge in [-0.15, -0.1) is 23.2 Å². The molecule has 1 amide bonds. The van der Waals surface area contributed by atoms with E-state index in [1.54, 1.807) is 0 Å². The molecule has 3 aliphatic rings. The fraction of sp³-hybridized carbons (Fsp3) is 0.611. The molecule has 0 radical (unpaired) electrons. The molecule has 124 valence electrons. The van der Waals surface area contributed by atoms with Gasteiger partial charge in [-0.05, 0) is 12.8 Å². The molecular weight excluding hydrogens is 333 g/mol. The Labute approximate surface area is 146 Å². The van der Waals surface area contributed by atoms with Gasteiger partial charge in [0.05, 0.1) is 6.61 Å². The van der Waals surface area contributed by atoms with Crippen molar-refractivity contribution in [2.75, 3.05) is 12.5 Å². The molecule has 0 spiro atoms. The molecule has 2 aliphatic heterocycles. The first-order valence-electron chi connectivity index (χ1n) is 8.44. The minimum Gasteiger partial charge on any atom is -0.348 e. The van der Waals surface area contributed by atoms with Crippen molar-refractivity contribution < 1.29 is 9.53 Å². The fourth-order valence-electron chi connectivity index (χ4n) is 4.56. The lowest BCUT2D eigenvalue weighted by Crippen LogP contribution is -2.79. The van der Waals surface area contributed by atoms with Crippen molar-refractivity contribution >= 4 is 29.1 Å². The minimum absolute atomic E-state index is 0.00179. The number of hydrogen-bond donors (Lipinski definition) is 0. The summed E-state index contributed by atoms with van der Waals surface area (Å²) in [4.78, 5) is 13.9. The zero-order valence-electron chi connectivity index (χ0n) is 13.0. The molecule has 0 N–H and O–H groups in total. The van der Waals surface area contributed by atoms with Crippen LogP contribution >= 0.6 is 23.2 Å². The molecule has 4 rings (SSSR count). The molecule has 1 aliphatic carbocycles. The Balaban J connectivity index is 1.80. The summed E-state index contributed by atoms with van der Waals surface area (Å²) in [5.41, 5.74) is 0.113. The molecule has 0 unspecified atom stereocenters. The molecule has 0 bridgehead atoms. The summed E-state index contributed by atoms with van der Waals surface area (Å²) in [6, 6.07) is 10.2. The van der Waals surface area contributed by atoms with Crippen LogP contribution in [-0.4, -0.2) is 34.2 Å². The van der Waals surface area contributed by atoms with E-state index in [0.29, 0.717) is 12.5 Å². The summed E-state index contributed by atoms with van der Waals surface area (Å²) in [5.74, 6) is 0.180. The number of benzene rings is 1. The van der Waals surface area contributed by atoms with Gasteiger partial charge in [0.2, 0.25) is 0 Å². The first kappa shape index (κ1) is 15.7. The lowest BCUT2D eigenvalue weighted by atomic mass is 9.71. The largest absolute Gasteiger partial charge is 0.348 e. The average Bonchev–Trinajstić information content (AvgIpc) is 2.87. The van der Waals surface area contributed by atoms with Crippen molar-refractivity contribution in [3.63, 3.8) is 0 Å². The lowest BCUT2D eigenvalue weighted by Gasteiger charge is -2.61. The van der Waals surface area contributed by atoms with E-state index in [2.05, 4.69) is 0 Å². The number of amides is 1. The normalized spacial score (nSPS) is 37.6. The second-order valence-corrected chi connectivity index (χ2v) is 7.76. The predicted octanol–water partition coefficient (Wildman–Crippen LogP) is 3.88. The Hall–Kier alpha value is -0.770. The van der Waals surface area contributed by atoms with Gasteiger partial charge in [0.25, 0.3) is 5.91 Å². The Bertz CT molecular complexity index is 604. The van der Waals surface area contributed by atoms with Crippen molar-refractivity contribution in [1.29, 1.82) is 0 Å². The number of carbonyl (C=O) groups excluding carboxylic acids is 1. The van der Waals surface area contributed by atoms with Crippen LogP contribution < -0.4 is 0 Å². The second kappa shape index (κ2) is 5.65. The topological polar surface area (TPSA) is 29.5 Å². The number of fused-ring (bicyclic) bond motifs is 1. The highest BCUT2D eigenvalue weighted by Gasteiger charge is 2.79. The quantitative estimate of drug-likeness (QED) is 0.609. The van der Waals surface area contributed by atoms with Crippen LogP contribution in [0.2, 0.25) is 0 Å². The number of β-lactam (4-membered cyclic amide) rings is 1. The molecule has 3 atom stereocenters. The van der Waals surface area contributed by atoms with Gasteiger partial charge in [0, 0.05) is 23.4 Å². The van der Waals surface area contributed by atoms with Crippen molar-refractivity contribution in [3.05, 3.63) is 35.9 Å². The molecule has 2 heterocycles. The SMILES string of the molecule is O=C1N(C2CCCCC2)[C@]2(c3ccccc3)OC[C@H](CCl)[C@]12Cl. The Morgan fingerprint density at radius 2 is 1.87 bits per heavy atom. The third-order valence-electron chi connectivity index (χ3n) is 5.71. The van der Waals surface area contributed by atoms with Crippen molar-refractivity contribution in [2.45, 2.75) is 48.7 Å². The van der Waals surface area contributed by atoms with Crippen LogP contribution in [0.25, 0.3) is 0 Å². The molecule has 2 saturated heterocycles. The van der Waals surface area contributed by atoms with Gasteiger partial charge in [-0.3, -0.25) is 4.79 Å². The number of ether oxygens (including phenoxy) is 1. The van der Waals surface area contributed by atoms with Crippen LogP contribution in [0.3, 0.4) is 0 Å². The zero-order valence-corrected chi connectivity index (χ0v) is 14.5. The van der Waals surface area contributed by atoms with Gasteiger partial charge in [-0.1, -0.05) is 49.6 Å². The van der Waals surface area contributed by atoms with Crippen LogP contribution in [0.1, 0.15) is 37.7 Å². The van der Waals surface area contributed by atoms with Gasteiger partial charge in [-0.2, -0.15) is 0 Å². The summed E-state index contributed by atoms with van der Waals surface area (Å²) >= 11 is 13.0. The van der Waals surface area contributed by atoms with Crippen LogP contribution in [0.4, 0.5) is 0 Å². The number of carbonyl (C=O) groups is 1. The number of halogens is 2. The number of nitrogens with zero attached hydrogens (tertiary/aromatic N) is 1. The highest BCUT2D eigenvalue weighted by Crippen LogP contribution is 2.63. The van der Waals surface area contributed by atoms with Crippen LogP contribution in [0, 0.1) is 5.92 Å². The second-order valence-electron chi connectivity index (χ2n) is 6.85. The number of alkyl halides is 2. The molecule has 0 aromatic heterocycles. The summed E-state index contributed by atoms with van der Waals surface area (Å²) in [6.45, 7) is 0.427. The first-order chi connectivity index (χ1) is 11.2. The van der Waals surface area contributed by atoms with Crippen LogP contribution in [0.15, 0.2) is 30.3 Å². The van der Waals surface area contributed by atoms with E-state index in [1.807, 2.05) is 35.2 Å². The standard InChI is InChI=1S/C18H21Cl2NO2/c19-11-14-12-23-18(13-7-3-1-4-8-13)17(14,20)16(22)21(18)15-9-5-2-6-10-15/h1,3-4,7-8,14-15H,2,5-6,9-12H2/t14-,17-,18+/m0/s1. The van der Waals surface area contributed by atoms with Crippen molar-refractivity contribution in [3.8, 4) is 0 Å². The number of rotatable bonds is 3. The third kappa shape index (κ3) is 1.90. The highest BCUT2D eigenvalue weighted by molar-refractivity contribution is 6.39. The van der Waals surface area contributed by atoms with E-state index in [9.17, 15) is 4.79 Å². The van der Waals surface area contributed by atoms with Crippen LogP contribution in [0.5, 0.6) is 0 Å². The Morgan fingerprint density at radius 3 is 2.52 bits per heavy atom. The molecular formula is C18H21Cl2NO2. The summed E-state index contributed by atoms with van der Waals surface area (Å²) < 4.78 is 6.26. The number of likely N-dealkylation sites (tertiary alicyclic amines) is 1. The first-order valence-corrected chi connectivity index (χ1v) is 9.35. The molecule has 5 heteroatoms. The summed E-state index contributed by atoms with van der Waals surface area (Å²) in [5, 5.41) is 0. The van der Waals surface area contributed by atoms with Gasteiger partial charge in [0.1, 0.15) is 0 Å². The monoisotopic (exact) mass is 353 g/mol. The third-order valence-corrected chi connectivity index (χ3v) is 6.81. The highest BCUT2D eigenvalue weighted by atomic mass is 35.5. The van der Waals surface area contributed by atoms with Crippen molar-refractivity contribution in [1.82, 2.24) is 4.90 Å². The maximum absolute atomic E-state index is 13.1. The summed E-state index contributed by atoms with van der Waals surface area (Å²) in [7, 11) is 0. The smallest absolute Gasteiger partial charge is 0.252 e. The predicted molar refractivity (Wildman–Crippen MR) is 90.6 cm³/mol. The number of hydrogen-bond acceptors (Lipinski definition) is 2. The molecule has 1 saturated carbocycles. The van der Waals surface area contributed by atoms with E-state index in [4.69, 9.17) is 27.9 Å². The average molecular weight is 354 g/mol. The molecule has 1 aromatic rings. The molecule has 23 heavy (non-hydrogen) atoms. The van der Waals surface area contributed by atoms with E-state index < -0.39 is 10.6 Å². The van der Waals surface area contributed by atoms with Gasteiger partial charge in [0.15, 0.2) is 10.6 Å². The molecule has 1 aromatic carbocycles. The summed E-state index contributed by atoms with van der Waals surface area (Å²) in [6.07, 6.45) is 5.62. The minimum atomic E-state index is -1.06. The fourth-order valence-corrected chi connectivity index (χ4v) is 5.44. The Kier molecular flexibility index (Phi) is 3.86. The molecule has 3 nitrogen and oxygen atoms in total. The van der Waals surface area contributed by atoms with Crippen molar-refractivity contribution in [2.24, 2.45) is 5.92 Å². The van der Waals surface area contributed by atoms with Gasteiger partial charge < -0.3 is 9.64 Å². The maximum Gasteiger partial charge on any atom is 0.252 e. The van der Waals surface area contributed by atoms with E-state index >= 15 is 0 Å². The van der Waals surface area contributed by atoms with E-state index in [1.165, 1.54) is 6.42 Å². The maximum atomic E-state index is 13.1. The zero-order chi connectivity index (χ0) is 16.1. The van der Waals surface area contributed by atoms with E-state index in [0.717, 1.165) is 31.2 Å². The van der Waals surface area contributed by atoms with E-state index in [-0.39, 0.29) is 17.9 Å². The molecule has 3 fully saturated rings. The van der Waals surface area contributed by atoms with Crippen LogP contribution in [-0.2, 0) is 15.3 Å².